The summed E-state index contributed by atoms with van der Waals surface area (Å²) in [7, 11) is 0. The number of hydrogen-bond acceptors (Lipinski definition) is 3. The van der Waals surface area contributed by atoms with E-state index in [0.29, 0.717) is 12.6 Å². The summed E-state index contributed by atoms with van der Waals surface area (Å²) in [5.74, 6) is 0.878. The highest BCUT2D eigenvalue weighted by Gasteiger charge is 2.13. The molecule has 0 amide bonds. The van der Waals surface area contributed by atoms with Crippen LogP contribution >= 0.6 is 15.9 Å². The van der Waals surface area contributed by atoms with Gasteiger partial charge in [-0.15, -0.1) is 0 Å². The number of rotatable bonds is 4. The van der Waals surface area contributed by atoms with E-state index in [1.807, 2.05) is 12.1 Å². The summed E-state index contributed by atoms with van der Waals surface area (Å²) in [5, 5.41) is 3.32. The summed E-state index contributed by atoms with van der Waals surface area (Å²) in [6.45, 7) is 4.71. The minimum atomic E-state index is 0.103. The molecule has 0 aliphatic carbocycles. The van der Waals surface area contributed by atoms with Crippen molar-refractivity contribution in [1.29, 1.82) is 0 Å². The molecule has 0 saturated carbocycles. The second kappa shape index (κ2) is 4.79. The van der Waals surface area contributed by atoms with Crippen LogP contribution in [-0.4, -0.2) is 12.6 Å². The van der Waals surface area contributed by atoms with Crippen molar-refractivity contribution in [3.8, 4) is 0 Å². The maximum atomic E-state index is 5.62. The normalized spacial score (nSPS) is 13.6. The average molecular weight is 247 g/mol. The molecule has 74 valence electrons. The number of hydrogen-bond donors (Lipinski definition) is 2. The number of halogens is 1. The molecule has 1 rings (SSSR count). The van der Waals surface area contributed by atoms with E-state index in [9.17, 15) is 0 Å². The quantitative estimate of drug-likeness (QED) is 0.856. The third kappa shape index (κ3) is 3.14. The molecule has 0 aromatic carbocycles. The molecule has 3 nitrogen and oxygen atoms in total. The van der Waals surface area contributed by atoms with Crippen LogP contribution in [0.5, 0.6) is 0 Å². The third-order valence-electron chi connectivity index (χ3n) is 1.71. The maximum absolute atomic E-state index is 5.62. The standard InChI is InChI=1S/C9H15BrN2O/c1-6(2)12-7(5-11)8-3-4-9(10)13-8/h3-4,6-7,12H,5,11H2,1-2H3. The first-order valence-electron chi connectivity index (χ1n) is 4.35. The van der Waals surface area contributed by atoms with Crippen LogP contribution in [0.15, 0.2) is 21.2 Å². The van der Waals surface area contributed by atoms with E-state index in [4.69, 9.17) is 10.2 Å². The van der Waals surface area contributed by atoms with E-state index in [1.165, 1.54) is 0 Å². The van der Waals surface area contributed by atoms with Crippen molar-refractivity contribution in [3.63, 3.8) is 0 Å². The highest BCUT2D eigenvalue weighted by molar-refractivity contribution is 9.10. The highest BCUT2D eigenvalue weighted by atomic mass is 79.9. The van der Waals surface area contributed by atoms with Gasteiger partial charge in [0.05, 0.1) is 6.04 Å². The fourth-order valence-corrected chi connectivity index (χ4v) is 1.50. The van der Waals surface area contributed by atoms with Crippen molar-refractivity contribution >= 4 is 15.9 Å². The average Bonchev–Trinajstić information content (AvgIpc) is 2.47. The van der Waals surface area contributed by atoms with Gasteiger partial charge >= 0.3 is 0 Å². The first kappa shape index (κ1) is 10.8. The molecule has 3 N–H and O–H groups in total. The summed E-state index contributed by atoms with van der Waals surface area (Å²) in [5.41, 5.74) is 5.62. The van der Waals surface area contributed by atoms with Gasteiger partial charge in [-0.25, -0.2) is 0 Å². The number of nitrogens with one attached hydrogen (secondary N) is 1. The number of furan rings is 1. The van der Waals surface area contributed by atoms with E-state index in [2.05, 4.69) is 35.1 Å². The van der Waals surface area contributed by atoms with Gasteiger partial charge in [0.25, 0.3) is 0 Å². The zero-order valence-corrected chi connectivity index (χ0v) is 9.47. The fourth-order valence-electron chi connectivity index (χ4n) is 1.18. The predicted octanol–water partition coefficient (Wildman–Crippen LogP) is 2.04. The lowest BCUT2D eigenvalue weighted by atomic mass is 10.2. The largest absolute Gasteiger partial charge is 0.453 e. The minimum Gasteiger partial charge on any atom is -0.453 e. The van der Waals surface area contributed by atoms with Gasteiger partial charge in [-0.2, -0.15) is 0 Å². The Bertz CT molecular complexity index is 260. The molecule has 0 bridgehead atoms. The first-order valence-corrected chi connectivity index (χ1v) is 5.14. The number of nitrogens with two attached hydrogens (primary N) is 1. The second-order valence-electron chi connectivity index (χ2n) is 3.25. The molecular formula is C9H15BrN2O. The predicted molar refractivity (Wildman–Crippen MR) is 56.5 cm³/mol. The Hall–Kier alpha value is -0.320. The first-order chi connectivity index (χ1) is 6.13. The maximum Gasteiger partial charge on any atom is 0.169 e. The Morgan fingerprint density at radius 1 is 1.54 bits per heavy atom. The molecule has 4 heteroatoms. The second-order valence-corrected chi connectivity index (χ2v) is 4.03. The molecule has 1 aromatic heterocycles. The molecule has 0 fully saturated rings. The van der Waals surface area contributed by atoms with Crippen molar-refractivity contribution in [1.82, 2.24) is 5.32 Å². The van der Waals surface area contributed by atoms with Crippen LogP contribution in [0.4, 0.5) is 0 Å². The lowest BCUT2D eigenvalue weighted by molar-refractivity contribution is 0.386. The molecule has 0 radical (unpaired) electrons. The SMILES string of the molecule is CC(C)NC(CN)c1ccc(Br)o1. The van der Waals surface area contributed by atoms with Crippen molar-refractivity contribution in [3.05, 3.63) is 22.6 Å². The summed E-state index contributed by atoms with van der Waals surface area (Å²) < 4.78 is 6.15. The molecule has 0 saturated heterocycles. The van der Waals surface area contributed by atoms with Gasteiger partial charge in [0.1, 0.15) is 5.76 Å². The molecule has 1 heterocycles. The van der Waals surface area contributed by atoms with E-state index in [0.717, 1.165) is 10.4 Å². The smallest absolute Gasteiger partial charge is 0.169 e. The topological polar surface area (TPSA) is 51.2 Å². The molecule has 1 aromatic rings. The lowest BCUT2D eigenvalue weighted by Gasteiger charge is -2.16. The fraction of sp³-hybridized carbons (Fsp3) is 0.556. The molecule has 1 unspecified atom stereocenters. The Balaban J connectivity index is 2.66. The van der Waals surface area contributed by atoms with E-state index >= 15 is 0 Å². The van der Waals surface area contributed by atoms with Crippen LogP contribution in [0.2, 0.25) is 0 Å². The van der Waals surface area contributed by atoms with E-state index < -0.39 is 0 Å². The van der Waals surface area contributed by atoms with E-state index in [1.54, 1.807) is 0 Å². The zero-order chi connectivity index (χ0) is 9.84. The van der Waals surface area contributed by atoms with Gasteiger partial charge in [-0.05, 0) is 28.1 Å². The summed E-state index contributed by atoms with van der Waals surface area (Å²) in [4.78, 5) is 0. The van der Waals surface area contributed by atoms with Crippen LogP contribution in [-0.2, 0) is 0 Å². The molecule has 13 heavy (non-hydrogen) atoms. The Morgan fingerprint density at radius 2 is 2.23 bits per heavy atom. The third-order valence-corrected chi connectivity index (χ3v) is 2.13. The Labute approximate surface area is 86.8 Å². The Morgan fingerprint density at radius 3 is 2.62 bits per heavy atom. The molecule has 1 atom stereocenters. The van der Waals surface area contributed by atoms with Gasteiger partial charge < -0.3 is 15.5 Å². The molecular weight excluding hydrogens is 232 g/mol. The van der Waals surface area contributed by atoms with Gasteiger partial charge in [-0.3, -0.25) is 0 Å². The van der Waals surface area contributed by atoms with Crippen LogP contribution in [0.25, 0.3) is 0 Å². The van der Waals surface area contributed by atoms with Crippen LogP contribution in [0.1, 0.15) is 25.6 Å². The zero-order valence-electron chi connectivity index (χ0n) is 7.88. The van der Waals surface area contributed by atoms with Gasteiger partial charge in [0, 0.05) is 12.6 Å². The monoisotopic (exact) mass is 246 g/mol. The lowest BCUT2D eigenvalue weighted by Crippen LogP contribution is -2.32. The summed E-state index contributed by atoms with van der Waals surface area (Å²) in [6.07, 6.45) is 0. The van der Waals surface area contributed by atoms with Crippen LogP contribution < -0.4 is 11.1 Å². The van der Waals surface area contributed by atoms with Crippen LogP contribution in [0.3, 0.4) is 0 Å². The van der Waals surface area contributed by atoms with Gasteiger partial charge in [0.15, 0.2) is 4.67 Å². The molecule has 0 spiro atoms. The minimum absolute atomic E-state index is 0.103. The van der Waals surface area contributed by atoms with Crippen molar-refractivity contribution < 1.29 is 4.42 Å². The van der Waals surface area contributed by atoms with Crippen LogP contribution in [0, 0.1) is 0 Å². The highest BCUT2D eigenvalue weighted by Crippen LogP contribution is 2.19. The van der Waals surface area contributed by atoms with Crippen molar-refractivity contribution in [2.75, 3.05) is 6.54 Å². The van der Waals surface area contributed by atoms with Gasteiger partial charge in [0.2, 0.25) is 0 Å². The summed E-state index contributed by atoms with van der Waals surface area (Å²) in [6, 6.07) is 4.31. The van der Waals surface area contributed by atoms with Crippen molar-refractivity contribution in [2.24, 2.45) is 5.73 Å². The van der Waals surface area contributed by atoms with Gasteiger partial charge in [-0.1, -0.05) is 13.8 Å². The van der Waals surface area contributed by atoms with E-state index in [-0.39, 0.29) is 6.04 Å². The van der Waals surface area contributed by atoms with Crippen molar-refractivity contribution in [2.45, 2.75) is 25.9 Å². The molecule has 0 aliphatic rings. The Kier molecular flexibility index (Phi) is 3.96. The summed E-state index contributed by atoms with van der Waals surface area (Å²) >= 11 is 3.26. The molecule has 0 aliphatic heterocycles.